The van der Waals surface area contributed by atoms with Crippen LogP contribution in [0.3, 0.4) is 0 Å². The first kappa shape index (κ1) is 18.1. The first-order valence-corrected chi connectivity index (χ1v) is 9.69. The van der Waals surface area contributed by atoms with Crippen LogP contribution in [-0.4, -0.2) is 22.3 Å². The fourth-order valence-electron chi connectivity index (χ4n) is 1.36. The second kappa shape index (κ2) is 7.38. The largest absolute Gasteiger partial charge is 0.272 e. The number of amides is 1. The molecule has 1 rings (SSSR count). The summed E-state index contributed by atoms with van der Waals surface area (Å²) in [5, 5.41) is 3.90. The van der Waals surface area contributed by atoms with E-state index >= 15 is 0 Å². The summed E-state index contributed by atoms with van der Waals surface area (Å²) in [6.07, 6.45) is 1.78. The Bertz CT molecular complexity index is 582. The monoisotopic (exact) mass is 488 g/mol. The van der Waals surface area contributed by atoms with Crippen molar-refractivity contribution >= 4 is 63.5 Å². The molecule has 0 spiro atoms. The zero-order valence-electron chi connectivity index (χ0n) is 10.6. The van der Waals surface area contributed by atoms with E-state index in [0.717, 1.165) is 12.8 Å². The van der Waals surface area contributed by atoms with Crippen molar-refractivity contribution in [2.24, 2.45) is 0 Å². The van der Waals surface area contributed by atoms with Crippen molar-refractivity contribution in [3.8, 4) is 0 Å². The minimum Gasteiger partial charge on any atom is -0.267 e. The Labute approximate surface area is 144 Å². The number of rotatable bonds is 5. The maximum absolute atomic E-state index is 12.2. The first-order valence-electron chi connectivity index (χ1n) is 5.83. The molecule has 0 saturated heterocycles. The molecule has 0 atom stereocenters. The summed E-state index contributed by atoms with van der Waals surface area (Å²) in [6.45, 7) is 2.46. The summed E-state index contributed by atoms with van der Waals surface area (Å²) in [5.41, 5.74) is 0.263. The quantitative estimate of drug-likeness (QED) is 0.466. The average molecular weight is 491 g/mol. The van der Waals surface area contributed by atoms with Gasteiger partial charge in [0.1, 0.15) is 0 Å². The zero-order chi connectivity index (χ0) is 15.4. The highest BCUT2D eigenvalue weighted by atomic mass is 80.0. The van der Waals surface area contributed by atoms with Crippen molar-refractivity contribution in [2.75, 3.05) is 6.54 Å². The maximum atomic E-state index is 12.2. The molecule has 0 N–H and O–H groups in total. The summed E-state index contributed by atoms with van der Waals surface area (Å²) in [4.78, 5) is 11.9. The Kier molecular flexibility index (Phi) is 6.69. The lowest BCUT2D eigenvalue weighted by molar-refractivity contribution is 0.0948. The molecule has 0 aliphatic rings. The molecule has 111 valence electrons. The predicted molar refractivity (Wildman–Crippen MR) is 89.4 cm³/mol. The second-order valence-corrected chi connectivity index (χ2v) is 14.4. The van der Waals surface area contributed by atoms with E-state index in [4.69, 9.17) is 0 Å². The van der Waals surface area contributed by atoms with Gasteiger partial charge < -0.3 is 0 Å². The molecular weight excluding hydrogens is 478 g/mol. The van der Waals surface area contributed by atoms with Crippen molar-refractivity contribution in [1.29, 1.82) is 0 Å². The van der Waals surface area contributed by atoms with Crippen LogP contribution in [0.2, 0.25) is 0 Å². The van der Waals surface area contributed by atoms with Gasteiger partial charge in [-0.3, -0.25) is 4.79 Å². The Morgan fingerprint density at radius 2 is 1.95 bits per heavy atom. The van der Waals surface area contributed by atoms with Crippen LogP contribution < -0.4 is 5.32 Å². The lowest BCUT2D eigenvalue weighted by atomic mass is 10.2. The Hall–Kier alpha value is 0.0800. The molecule has 0 aliphatic heterocycles. The molecule has 1 aromatic carbocycles. The molecular formula is C12H13Br3NO3S. The van der Waals surface area contributed by atoms with Gasteiger partial charge in [0.2, 0.25) is 11.3 Å². The van der Waals surface area contributed by atoms with Gasteiger partial charge in [-0.1, -0.05) is 19.4 Å². The van der Waals surface area contributed by atoms with Gasteiger partial charge in [0.25, 0.3) is 5.91 Å². The first-order chi connectivity index (χ1) is 9.20. The molecule has 0 saturated carbocycles. The number of alkyl halides is 3. The summed E-state index contributed by atoms with van der Waals surface area (Å²) >= 11 is 8.96. The number of nitrogens with zero attached hydrogens (tertiary/aromatic N) is 1. The molecule has 0 aromatic heterocycles. The van der Waals surface area contributed by atoms with Gasteiger partial charge in [-0.05, 0) is 72.4 Å². The minimum absolute atomic E-state index is 0.0275. The normalized spacial score (nSPS) is 12.2. The highest BCUT2D eigenvalue weighted by molar-refractivity contribution is 9.42. The number of halogens is 3. The van der Waals surface area contributed by atoms with Crippen molar-refractivity contribution in [2.45, 2.75) is 26.1 Å². The van der Waals surface area contributed by atoms with E-state index in [0.29, 0.717) is 6.54 Å². The van der Waals surface area contributed by atoms with Crippen LogP contribution >= 0.6 is 47.8 Å². The van der Waals surface area contributed by atoms with Gasteiger partial charge in [-0.15, -0.1) is 0 Å². The van der Waals surface area contributed by atoms with Gasteiger partial charge >= 0.3 is 0 Å². The number of carbonyl (C=O) groups is 1. The predicted octanol–water partition coefficient (Wildman–Crippen LogP) is 3.80. The number of hydrogen-bond donors (Lipinski definition) is 0. The lowest BCUT2D eigenvalue weighted by Gasteiger charge is -2.14. The van der Waals surface area contributed by atoms with Crippen LogP contribution in [0.25, 0.3) is 0 Å². The van der Waals surface area contributed by atoms with Crippen LogP contribution in [0.1, 0.15) is 30.1 Å². The van der Waals surface area contributed by atoms with Gasteiger partial charge in [0.05, 0.1) is 4.90 Å². The van der Waals surface area contributed by atoms with E-state index in [1.807, 2.05) is 6.92 Å². The van der Waals surface area contributed by atoms with E-state index in [1.54, 1.807) is 6.07 Å². The summed E-state index contributed by atoms with van der Waals surface area (Å²) in [6, 6.07) is 5.83. The highest BCUT2D eigenvalue weighted by Gasteiger charge is 2.37. The maximum Gasteiger partial charge on any atom is 0.272 e. The molecule has 20 heavy (non-hydrogen) atoms. The topological polar surface area (TPSA) is 65.3 Å². The van der Waals surface area contributed by atoms with Crippen molar-refractivity contribution in [3.63, 3.8) is 0 Å². The third kappa shape index (κ3) is 4.54. The third-order valence-electron chi connectivity index (χ3n) is 2.46. The average Bonchev–Trinajstić information content (AvgIpc) is 2.37. The summed E-state index contributed by atoms with van der Waals surface area (Å²) in [7, 11) is -3.70. The number of unbranched alkanes of at least 4 members (excludes halogenated alkanes) is 1. The molecule has 0 aliphatic carbocycles. The van der Waals surface area contributed by atoms with Crippen LogP contribution in [0, 0.1) is 0 Å². The van der Waals surface area contributed by atoms with E-state index < -0.39 is 17.2 Å². The Morgan fingerprint density at radius 1 is 1.30 bits per heavy atom. The minimum atomic E-state index is -3.70. The molecule has 1 radical (unpaired) electrons. The SMILES string of the molecule is CCCC[N]C(=O)c1cccc(S(=O)(=O)C(Br)(Br)Br)c1. The molecule has 1 aromatic rings. The summed E-state index contributed by atoms with van der Waals surface area (Å²) < 4.78 is 23.0. The fourth-order valence-corrected chi connectivity index (χ4v) is 3.85. The standard InChI is InChI=1S/C12H13Br3NO3S/c1-2-3-7-16-11(17)9-5-4-6-10(8-9)20(18,19)12(13,14)15/h4-6,8H,2-3,7H2,1H3. The van der Waals surface area contributed by atoms with E-state index in [-0.39, 0.29) is 10.5 Å². The molecule has 4 nitrogen and oxygen atoms in total. The molecule has 0 unspecified atom stereocenters. The number of carbonyl (C=O) groups excluding carboxylic acids is 1. The number of benzene rings is 1. The third-order valence-corrected chi connectivity index (χ3v) is 7.78. The molecule has 8 heteroatoms. The fraction of sp³-hybridized carbons (Fsp3) is 0.417. The van der Waals surface area contributed by atoms with Crippen LogP contribution in [0.4, 0.5) is 0 Å². The number of sulfone groups is 1. The van der Waals surface area contributed by atoms with Gasteiger partial charge in [-0.2, -0.15) is 0 Å². The van der Waals surface area contributed by atoms with Crippen molar-refractivity contribution in [1.82, 2.24) is 5.32 Å². The molecule has 1 amide bonds. The van der Waals surface area contributed by atoms with Gasteiger partial charge in [-0.25, -0.2) is 13.7 Å². The van der Waals surface area contributed by atoms with E-state index in [2.05, 4.69) is 53.1 Å². The zero-order valence-corrected chi connectivity index (χ0v) is 16.2. The van der Waals surface area contributed by atoms with Crippen LogP contribution in [-0.2, 0) is 9.84 Å². The molecule has 0 bridgehead atoms. The Morgan fingerprint density at radius 3 is 2.50 bits per heavy atom. The lowest BCUT2D eigenvalue weighted by Crippen LogP contribution is -2.20. The molecule has 0 heterocycles. The van der Waals surface area contributed by atoms with Gasteiger partial charge in [0, 0.05) is 12.1 Å². The van der Waals surface area contributed by atoms with Crippen molar-refractivity contribution in [3.05, 3.63) is 29.8 Å². The summed E-state index contributed by atoms with van der Waals surface area (Å²) in [5.74, 6) is -0.403. The van der Waals surface area contributed by atoms with Gasteiger partial charge in [0.15, 0.2) is 0 Å². The van der Waals surface area contributed by atoms with Crippen molar-refractivity contribution < 1.29 is 13.2 Å². The highest BCUT2D eigenvalue weighted by Crippen LogP contribution is 2.43. The molecule has 0 fully saturated rings. The second-order valence-electron chi connectivity index (χ2n) is 4.02. The number of hydrogen-bond acceptors (Lipinski definition) is 3. The van der Waals surface area contributed by atoms with Crippen LogP contribution in [0.15, 0.2) is 29.2 Å². The smallest absolute Gasteiger partial charge is 0.267 e. The Balaban J connectivity index is 3.00. The van der Waals surface area contributed by atoms with E-state index in [1.165, 1.54) is 18.2 Å². The van der Waals surface area contributed by atoms with E-state index in [9.17, 15) is 13.2 Å². The van der Waals surface area contributed by atoms with Crippen LogP contribution in [0.5, 0.6) is 0 Å².